The summed E-state index contributed by atoms with van der Waals surface area (Å²) >= 11 is 0. The van der Waals surface area contributed by atoms with Gasteiger partial charge in [-0.05, 0) is 6.42 Å². The Balaban J connectivity index is 2.96. The van der Waals surface area contributed by atoms with E-state index in [1.807, 2.05) is 0 Å². The van der Waals surface area contributed by atoms with Crippen LogP contribution in [0.3, 0.4) is 0 Å². The van der Waals surface area contributed by atoms with E-state index in [4.69, 9.17) is 28.4 Å². The number of unbranched alkanes of at least 4 members (excludes halogenated alkanes) is 5. The molecule has 184 valence electrons. The highest BCUT2D eigenvalue weighted by atomic mass is 16.7. The fourth-order valence-corrected chi connectivity index (χ4v) is 3.52. The third kappa shape index (κ3) is 10.7. The van der Waals surface area contributed by atoms with Gasteiger partial charge in [0.2, 0.25) is 0 Å². The molecule has 8 heteroatoms. The van der Waals surface area contributed by atoms with Crippen molar-refractivity contribution in [2.45, 2.75) is 90.0 Å². The van der Waals surface area contributed by atoms with Crippen LogP contribution in [0, 0.1) is 0 Å². The second kappa shape index (κ2) is 16.8. The average Bonchev–Trinajstić information content (AvgIpc) is 2.74. The zero-order valence-electron chi connectivity index (χ0n) is 19.8. The van der Waals surface area contributed by atoms with Gasteiger partial charge in [0.1, 0.15) is 12.2 Å². The van der Waals surface area contributed by atoms with E-state index in [2.05, 4.69) is 20.1 Å². The summed E-state index contributed by atoms with van der Waals surface area (Å²) in [5.74, 6) is -1.02. The number of hydrogen-bond donors (Lipinski definition) is 0. The van der Waals surface area contributed by atoms with Crippen LogP contribution in [0.1, 0.15) is 59.3 Å². The second-order valence-electron chi connectivity index (χ2n) is 7.74. The van der Waals surface area contributed by atoms with Crippen molar-refractivity contribution < 1.29 is 38.0 Å². The smallest absolute Gasteiger partial charge is 0.303 e. The molecule has 5 atom stereocenters. The van der Waals surface area contributed by atoms with Gasteiger partial charge in [-0.2, -0.15) is 0 Å². The molecule has 1 saturated heterocycles. The predicted octanol–water partition coefficient (Wildman–Crippen LogP) is 3.73. The van der Waals surface area contributed by atoms with Gasteiger partial charge in [-0.25, -0.2) is 0 Å². The van der Waals surface area contributed by atoms with Gasteiger partial charge in [0.15, 0.2) is 18.5 Å². The number of hydrogen-bond acceptors (Lipinski definition) is 8. The molecule has 8 nitrogen and oxygen atoms in total. The molecule has 0 aromatic rings. The van der Waals surface area contributed by atoms with Crippen molar-refractivity contribution in [3.05, 3.63) is 25.3 Å². The van der Waals surface area contributed by atoms with E-state index in [0.717, 1.165) is 19.3 Å². The Bertz CT molecular complexity index is 564. The molecule has 0 bridgehead atoms. The first-order valence-corrected chi connectivity index (χ1v) is 11.5. The molecule has 1 aliphatic rings. The van der Waals surface area contributed by atoms with Crippen LogP contribution < -0.4 is 0 Å². The zero-order valence-corrected chi connectivity index (χ0v) is 19.8. The third-order valence-corrected chi connectivity index (χ3v) is 4.90. The lowest BCUT2D eigenvalue weighted by atomic mass is 9.98. The van der Waals surface area contributed by atoms with Crippen molar-refractivity contribution in [1.29, 1.82) is 0 Å². The van der Waals surface area contributed by atoms with Crippen molar-refractivity contribution in [2.75, 3.05) is 26.4 Å². The largest absolute Gasteiger partial charge is 0.457 e. The molecule has 0 aliphatic carbocycles. The summed E-state index contributed by atoms with van der Waals surface area (Å²) in [5, 5.41) is 0. The first-order chi connectivity index (χ1) is 15.4. The molecule has 0 unspecified atom stereocenters. The molecule has 0 radical (unpaired) electrons. The predicted molar refractivity (Wildman–Crippen MR) is 120 cm³/mol. The van der Waals surface area contributed by atoms with Crippen LogP contribution in [0.25, 0.3) is 0 Å². The maximum atomic E-state index is 11.8. The lowest BCUT2D eigenvalue weighted by Crippen LogP contribution is -2.62. The molecule has 1 fully saturated rings. The number of esters is 2. The highest BCUT2D eigenvalue weighted by Crippen LogP contribution is 2.30. The first-order valence-electron chi connectivity index (χ1n) is 11.5. The SMILES string of the molecule is C=CCOC[C@H]1O[C@@H](OCCCCCCCC)[C@H](OC(C)=O)[C@@H](OCC=C)[C@H]1OC(C)=O. The highest BCUT2D eigenvalue weighted by molar-refractivity contribution is 5.67. The van der Waals surface area contributed by atoms with Gasteiger partial charge >= 0.3 is 11.9 Å². The number of rotatable bonds is 17. The van der Waals surface area contributed by atoms with Crippen molar-refractivity contribution in [2.24, 2.45) is 0 Å². The molecule has 1 aliphatic heterocycles. The van der Waals surface area contributed by atoms with Gasteiger partial charge in [-0.3, -0.25) is 9.59 Å². The summed E-state index contributed by atoms with van der Waals surface area (Å²) in [6.45, 7) is 13.1. The molecule has 0 amide bonds. The maximum absolute atomic E-state index is 11.8. The van der Waals surface area contributed by atoms with Crippen LogP contribution in [0.5, 0.6) is 0 Å². The topological polar surface area (TPSA) is 89.5 Å². The molecule has 0 N–H and O–H groups in total. The second-order valence-corrected chi connectivity index (χ2v) is 7.74. The number of carbonyl (C=O) groups excluding carboxylic acids is 2. The van der Waals surface area contributed by atoms with E-state index >= 15 is 0 Å². The Morgan fingerprint density at radius 3 is 2.09 bits per heavy atom. The van der Waals surface area contributed by atoms with Crippen LogP contribution >= 0.6 is 0 Å². The van der Waals surface area contributed by atoms with Crippen LogP contribution in [0.4, 0.5) is 0 Å². The fraction of sp³-hybridized carbons (Fsp3) is 0.750. The Hall–Kier alpha value is -1.74. The van der Waals surface area contributed by atoms with E-state index in [0.29, 0.717) is 13.2 Å². The minimum Gasteiger partial charge on any atom is -0.457 e. The summed E-state index contributed by atoms with van der Waals surface area (Å²) in [6, 6.07) is 0. The Labute approximate surface area is 192 Å². The van der Waals surface area contributed by atoms with Crippen molar-refractivity contribution >= 4 is 11.9 Å². The lowest BCUT2D eigenvalue weighted by Gasteiger charge is -2.44. The summed E-state index contributed by atoms with van der Waals surface area (Å²) in [4.78, 5) is 23.6. The molecule has 0 aromatic heterocycles. The van der Waals surface area contributed by atoms with Crippen LogP contribution in [-0.2, 0) is 38.0 Å². The maximum Gasteiger partial charge on any atom is 0.303 e. The molecule has 0 aromatic carbocycles. The van der Waals surface area contributed by atoms with Gasteiger partial charge in [-0.15, -0.1) is 13.2 Å². The Kier molecular flexibility index (Phi) is 14.9. The summed E-state index contributed by atoms with van der Waals surface area (Å²) in [7, 11) is 0. The lowest BCUT2D eigenvalue weighted by molar-refractivity contribution is -0.312. The molecular weight excluding hydrogens is 416 g/mol. The normalized spacial score (nSPS) is 25.2. The Morgan fingerprint density at radius 1 is 0.844 bits per heavy atom. The quantitative estimate of drug-likeness (QED) is 0.186. The van der Waals surface area contributed by atoms with E-state index < -0.39 is 42.6 Å². The van der Waals surface area contributed by atoms with Gasteiger partial charge in [0.05, 0.1) is 19.8 Å². The third-order valence-electron chi connectivity index (χ3n) is 4.90. The Morgan fingerprint density at radius 2 is 1.47 bits per heavy atom. The van der Waals surface area contributed by atoms with Gasteiger partial charge in [-0.1, -0.05) is 51.2 Å². The van der Waals surface area contributed by atoms with E-state index in [1.165, 1.54) is 33.1 Å². The highest BCUT2D eigenvalue weighted by Gasteiger charge is 2.51. The van der Waals surface area contributed by atoms with E-state index in [-0.39, 0.29) is 13.2 Å². The number of carbonyl (C=O) groups is 2. The standard InChI is InChI=1S/C24H40O8/c1-6-9-10-11-12-13-16-29-24-23(31-19(5)26)22(28-15-8-3)21(30-18(4)25)20(32-24)17-27-14-7-2/h7-8,20-24H,2-3,6,9-17H2,1,4-5H3/t20-,21+,22+,23-,24-/m1/s1. The summed E-state index contributed by atoms with van der Waals surface area (Å²) in [5.41, 5.74) is 0. The molecule has 32 heavy (non-hydrogen) atoms. The van der Waals surface area contributed by atoms with E-state index in [1.54, 1.807) is 12.2 Å². The number of ether oxygens (including phenoxy) is 6. The summed E-state index contributed by atoms with van der Waals surface area (Å²) < 4.78 is 34.5. The summed E-state index contributed by atoms with van der Waals surface area (Å²) in [6.07, 6.45) is 5.75. The molecule has 0 saturated carbocycles. The van der Waals surface area contributed by atoms with Crippen LogP contribution in [0.15, 0.2) is 25.3 Å². The molecule has 1 heterocycles. The van der Waals surface area contributed by atoms with Crippen LogP contribution in [-0.4, -0.2) is 69.1 Å². The van der Waals surface area contributed by atoms with Crippen molar-refractivity contribution in [3.63, 3.8) is 0 Å². The average molecular weight is 457 g/mol. The fourth-order valence-electron chi connectivity index (χ4n) is 3.52. The monoisotopic (exact) mass is 456 g/mol. The minimum absolute atomic E-state index is 0.127. The molecule has 1 rings (SSSR count). The van der Waals surface area contributed by atoms with Gasteiger partial charge in [0, 0.05) is 20.5 Å². The van der Waals surface area contributed by atoms with Crippen LogP contribution in [0.2, 0.25) is 0 Å². The van der Waals surface area contributed by atoms with E-state index in [9.17, 15) is 9.59 Å². The van der Waals surface area contributed by atoms with Gasteiger partial charge in [0.25, 0.3) is 0 Å². The minimum atomic E-state index is -0.910. The first kappa shape index (κ1) is 28.3. The van der Waals surface area contributed by atoms with Gasteiger partial charge < -0.3 is 28.4 Å². The molecule has 0 spiro atoms. The molecular formula is C24H40O8. The van der Waals surface area contributed by atoms with Crippen molar-refractivity contribution in [3.8, 4) is 0 Å². The van der Waals surface area contributed by atoms with Crippen molar-refractivity contribution in [1.82, 2.24) is 0 Å². The zero-order chi connectivity index (χ0) is 23.8.